The highest BCUT2D eigenvalue weighted by Gasteiger charge is 2.21. The number of anilines is 2. The molecule has 0 aliphatic carbocycles. The minimum atomic E-state index is -0.175. The fourth-order valence-electron chi connectivity index (χ4n) is 3.86. The smallest absolute Gasteiger partial charge is 0.321 e. The van der Waals surface area contributed by atoms with Crippen LogP contribution in [0.4, 0.5) is 16.2 Å². The third-order valence-corrected chi connectivity index (χ3v) is 5.47. The Kier molecular flexibility index (Phi) is 5.63. The Labute approximate surface area is 190 Å². The highest BCUT2D eigenvalue weighted by atomic mass is 16.5. The highest BCUT2D eigenvalue weighted by Crippen LogP contribution is 2.21. The van der Waals surface area contributed by atoms with Crippen LogP contribution in [0.2, 0.25) is 0 Å². The number of amides is 3. The van der Waals surface area contributed by atoms with Gasteiger partial charge in [-0.15, -0.1) is 0 Å². The molecule has 1 saturated heterocycles. The third-order valence-electron chi connectivity index (χ3n) is 5.47. The minimum Gasteiger partial charge on any atom is -0.486 e. The summed E-state index contributed by atoms with van der Waals surface area (Å²) < 4.78 is 7.75. The van der Waals surface area contributed by atoms with Gasteiger partial charge in [0.25, 0.3) is 0 Å². The largest absolute Gasteiger partial charge is 0.486 e. The summed E-state index contributed by atoms with van der Waals surface area (Å²) in [6.07, 6.45) is 0. The number of para-hydroxylation sites is 3. The lowest BCUT2D eigenvalue weighted by molar-refractivity contribution is -0.116. The zero-order chi connectivity index (χ0) is 22.6. The molecule has 166 valence electrons. The number of benzene rings is 3. The molecular weight excluding hydrogens is 418 g/mol. The van der Waals surface area contributed by atoms with E-state index in [2.05, 4.69) is 15.6 Å². The molecule has 1 aliphatic heterocycles. The van der Waals surface area contributed by atoms with Crippen molar-refractivity contribution in [3.05, 3.63) is 84.7 Å². The van der Waals surface area contributed by atoms with Gasteiger partial charge in [-0.2, -0.15) is 0 Å². The molecular formula is C25H23N5O3. The van der Waals surface area contributed by atoms with Gasteiger partial charge in [0.1, 0.15) is 24.7 Å². The van der Waals surface area contributed by atoms with E-state index >= 15 is 0 Å². The summed E-state index contributed by atoms with van der Waals surface area (Å²) >= 11 is 0. The highest BCUT2D eigenvalue weighted by molar-refractivity contribution is 5.95. The fraction of sp³-hybridized carbons (Fsp3) is 0.160. The Morgan fingerprint density at radius 3 is 2.52 bits per heavy atom. The lowest BCUT2D eigenvalue weighted by atomic mass is 10.2. The van der Waals surface area contributed by atoms with Crippen molar-refractivity contribution in [1.29, 1.82) is 0 Å². The van der Waals surface area contributed by atoms with E-state index in [9.17, 15) is 9.59 Å². The number of aromatic nitrogens is 2. The van der Waals surface area contributed by atoms with Gasteiger partial charge in [0.2, 0.25) is 5.91 Å². The summed E-state index contributed by atoms with van der Waals surface area (Å²) in [7, 11) is 0. The number of nitrogens with one attached hydrogen (secondary N) is 2. The van der Waals surface area contributed by atoms with Gasteiger partial charge >= 0.3 is 6.03 Å². The van der Waals surface area contributed by atoms with E-state index in [0.717, 1.165) is 22.5 Å². The second kappa shape index (κ2) is 9.04. The number of imidazole rings is 1. The molecule has 33 heavy (non-hydrogen) atoms. The van der Waals surface area contributed by atoms with Crippen LogP contribution in [-0.2, 0) is 17.9 Å². The predicted octanol–water partition coefficient (Wildman–Crippen LogP) is 3.78. The van der Waals surface area contributed by atoms with Crippen LogP contribution in [0.1, 0.15) is 5.82 Å². The molecule has 0 bridgehead atoms. The topological polar surface area (TPSA) is 88.5 Å². The van der Waals surface area contributed by atoms with Crippen LogP contribution in [0.25, 0.3) is 11.0 Å². The molecule has 8 heteroatoms. The molecule has 0 spiro atoms. The van der Waals surface area contributed by atoms with Gasteiger partial charge in [-0.25, -0.2) is 9.78 Å². The number of ether oxygens (including phenoxy) is 1. The van der Waals surface area contributed by atoms with Crippen molar-refractivity contribution in [2.45, 2.75) is 13.2 Å². The van der Waals surface area contributed by atoms with Crippen molar-refractivity contribution < 1.29 is 14.3 Å². The molecule has 2 N–H and O–H groups in total. The number of rotatable bonds is 7. The van der Waals surface area contributed by atoms with Crippen LogP contribution >= 0.6 is 0 Å². The molecule has 3 aromatic carbocycles. The van der Waals surface area contributed by atoms with Crippen molar-refractivity contribution in [2.75, 3.05) is 23.3 Å². The summed E-state index contributed by atoms with van der Waals surface area (Å²) in [6.45, 7) is 1.61. The van der Waals surface area contributed by atoms with Gasteiger partial charge in [-0.1, -0.05) is 30.3 Å². The van der Waals surface area contributed by atoms with Gasteiger partial charge in [0.15, 0.2) is 0 Å². The molecule has 2 heterocycles. The van der Waals surface area contributed by atoms with E-state index in [-0.39, 0.29) is 25.1 Å². The fourth-order valence-corrected chi connectivity index (χ4v) is 3.86. The lowest BCUT2D eigenvalue weighted by Gasteiger charge is -2.15. The summed E-state index contributed by atoms with van der Waals surface area (Å²) in [5, 5.41) is 5.71. The molecule has 1 fully saturated rings. The molecule has 1 aromatic heterocycles. The number of urea groups is 1. The minimum absolute atomic E-state index is 0.101. The van der Waals surface area contributed by atoms with Crippen LogP contribution < -0.4 is 20.3 Å². The van der Waals surface area contributed by atoms with Crippen molar-refractivity contribution in [3.8, 4) is 5.75 Å². The van der Waals surface area contributed by atoms with Gasteiger partial charge in [-0.05, 0) is 48.5 Å². The maximum Gasteiger partial charge on any atom is 0.321 e. The second-order valence-electron chi connectivity index (χ2n) is 7.68. The van der Waals surface area contributed by atoms with Crippen LogP contribution in [-0.4, -0.2) is 34.6 Å². The molecule has 0 unspecified atom stereocenters. The van der Waals surface area contributed by atoms with Crippen LogP contribution in [0.3, 0.4) is 0 Å². The summed E-state index contributed by atoms with van der Waals surface area (Å²) in [4.78, 5) is 31.0. The average Bonchev–Trinajstić information content (AvgIpc) is 3.42. The van der Waals surface area contributed by atoms with Crippen molar-refractivity contribution in [3.63, 3.8) is 0 Å². The maximum absolute atomic E-state index is 12.9. The van der Waals surface area contributed by atoms with Gasteiger partial charge in [-0.3, -0.25) is 9.69 Å². The molecule has 3 amide bonds. The SMILES string of the molecule is O=C(Cn1c(COc2ccccc2)nc2ccccc21)Nc1ccc(N2CCNC2=O)cc1. The Hall–Kier alpha value is -4.33. The second-order valence-corrected chi connectivity index (χ2v) is 7.68. The average molecular weight is 441 g/mol. The first-order chi connectivity index (χ1) is 16.2. The third kappa shape index (κ3) is 4.50. The maximum atomic E-state index is 12.9. The first kappa shape index (κ1) is 20.6. The molecule has 0 saturated carbocycles. The van der Waals surface area contributed by atoms with Crippen molar-refractivity contribution in [2.24, 2.45) is 0 Å². The molecule has 4 aromatic rings. The Bertz CT molecular complexity index is 1280. The van der Waals surface area contributed by atoms with Crippen molar-refractivity contribution >= 4 is 34.3 Å². The van der Waals surface area contributed by atoms with Crippen LogP contribution in [0.5, 0.6) is 5.75 Å². The zero-order valence-electron chi connectivity index (χ0n) is 17.9. The molecule has 0 radical (unpaired) electrons. The quantitative estimate of drug-likeness (QED) is 0.457. The van der Waals surface area contributed by atoms with E-state index < -0.39 is 0 Å². The monoisotopic (exact) mass is 441 g/mol. The predicted molar refractivity (Wildman–Crippen MR) is 126 cm³/mol. The zero-order valence-corrected chi connectivity index (χ0v) is 17.9. The molecule has 5 rings (SSSR count). The van der Waals surface area contributed by atoms with E-state index in [4.69, 9.17) is 4.74 Å². The normalized spacial score (nSPS) is 13.2. The Morgan fingerprint density at radius 1 is 1.00 bits per heavy atom. The van der Waals surface area contributed by atoms with Crippen LogP contribution in [0.15, 0.2) is 78.9 Å². The van der Waals surface area contributed by atoms with Gasteiger partial charge in [0.05, 0.1) is 11.0 Å². The van der Waals surface area contributed by atoms with E-state index in [1.54, 1.807) is 17.0 Å². The standard InChI is InChI=1S/C25H23N5O3/c31-24(27-18-10-12-19(13-11-18)29-15-14-26-25(29)32)16-30-22-9-5-4-8-21(22)28-23(30)17-33-20-6-2-1-3-7-20/h1-13H,14-17H2,(H,26,32)(H,27,31). The first-order valence-corrected chi connectivity index (χ1v) is 10.7. The first-order valence-electron chi connectivity index (χ1n) is 10.7. The number of fused-ring (bicyclic) bond motifs is 1. The number of nitrogens with zero attached hydrogens (tertiary/aromatic N) is 3. The molecule has 1 aliphatic rings. The number of carbonyl (C=O) groups excluding carboxylic acids is 2. The Balaban J connectivity index is 1.30. The number of hydrogen-bond acceptors (Lipinski definition) is 4. The molecule has 8 nitrogen and oxygen atoms in total. The van der Waals surface area contributed by atoms with E-state index in [1.807, 2.05) is 71.3 Å². The van der Waals surface area contributed by atoms with Gasteiger partial charge in [0, 0.05) is 24.5 Å². The van der Waals surface area contributed by atoms with E-state index in [0.29, 0.717) is 24.6 Å². The summed E-state index contributed by atoms with van der Waals surface area (Å²) in [6, 6.07) is 24.4. The summed E-state index contributed by atoms with van der Waals surface area (Å²) in [5.41, 5.74) is 3.14. The Morgan fingerprint density at radius 2 is 1.76 bits per heavy atom. The lowest BCUT2D eigenvalue weighted by Crippen LogP contribution is -2.27. The number of hydrogen-bond donors (Lipinski definition) is 2. The number of carbonyl (C=O) groups is 2. The summed E-state index contributed by atoms with van der Waals surface area (Å²) in [5.74, 6) is 1.24. The van der Waals surface area contributed by atoms with Crippen molar-refractivity contribution in [1.82, 2.24) is 14.9 Å². The van der Waals surface area contributed by atoms with Crippen LogP contribution in [0, 0.1) is 0 Å². The van der Waals surface area contributed by atoms with E-state index in [1.165, 1.54) is 0 Å². The van der Waals surface area contributed by atoms with Gasteiger partial charge < -0.3 is 19.9 Å². The molecule has 0 atom stereocenters.